The van der Waals surface area contributed by atoms with Crippen LogP contribution in [0.5, 0.6) is 0 Å². The molecule has 1 unspecified atom stereocenters. The quantitative estimate of drug-likeness (QED) is 0.603. The van der Waals surface area contributed by atoms with Gasteiger partial charge in [0.05, 0.1) is 18.7 Å². The van der Waals surface area contributed by atoms with Gasteiger partial charge in [0.1, 0.15) is 11.6 Å². The zero-order chi connectivity index (χ0) is 23.2. The number of hydrogen-bond donors (Lipinski definition) is 2. The summed E-state index contributed by atoms with van der Waals surface area (Å²) < 4.78 is 16.4. The molecule has 2 aromatic rings. The van der Waals surface area contributed by atoms with Gasteiger partial charge in [-0.05, 0) is 33.3 Å². The van der Waals surface area contributed by atoms with Gasteiger partial charge in [-0.2, -0.15) is 4.74 Å². The highest BCUT2D eigenvalue weighted by Crippen LogP contribution is 2.13. The Kier molecular flexibility index (Phi) is 7.62. The van der Waals surface area contributed by atoms with Gasteiger partial charge >= 0.3 is 18.0 Å². The molecule has 1 atom stereocenters. The molecule has 1 aromatic carbocycles. The van der Waals surface area contributed by atoms with Crippen LogP contribution in [0.15, 0.2) is 39.6 Å². The Morgan fingerprint density at radius 1 is 1.19 bits per heavy atom. The van der Waals surface area contributed by atoms with E-state index >= 15 is 0 Å². The van der Waals surface area contributed by atoms with Crippen LogP contribution in [0.25, 0.3) is 0 Å². The van der Waals surface area contributed by atoms with E-state index in [1.54, 1.807) is 52.0 Å². The minimum atomic E-state index is -1.53. The number of carbonyl (C=O) groups is 3. The Morgan fingerprint density at radius 3 is 2.39 bits per heavy atom. The number of carboxylic acids is 1. The van der Waals surface area contributed by atoms with Gasteiger partial charge in [-0.25, -0.2) is 14.4 Å². The minimum Gasteiger partial charge on any atom is -0.480 e. The maximum atomic E-state index is 12.9. The lowest BCUT2D eigenvalue weighted by Gasteiger charge is -2.21. The van der Waals surface area contributed by atoms with Crippen LogP contribution < -0.4 is 10.9 Å². The van der Waals surface area contributed by atoms with E-state index in [1.165, 1.54) is 0 Å². The summed E-state index contributed by atoms with van der Waals surface area (Å²) in [5.41, 5.74) is -1.01. The predicted molar refractivity (Wildman–Crippen MR) is 109 cm³/mol. The standard InChI is InChI=1S/C21H26N2O8/c1-5-29-19(27)16-14(11-15(18(25)26)22-20(28)30-21(2,3)4)17(24)23(31-16)12-13-9-7-6-8-10-13/h6-10,15H,5,11-12H2,1-4H3,(H,22,28)(H,25,26). The van der Waals surface area contributed by atoms with Crippen LogP contribution in [0.4, 0.5) is 4.79 Å². The predicted octanol–water partition coefficient (Wildman–Crippen LogP) is 2.19. The molecule has 0 aliphatic heterocycles. The van der Waals surface area contributed by atoms with Crippen molar-refractivity contribution in [2.75, 3.05) is 6.61 Å². The van der Waals surface area contributed by atoms with E-state index in [-0.39, 0.29) is 18.7 Å². The maximum Gasteiger partial charge on any atom is 0.408 e. The fourth-order valence-corrected chi connectivity index (χ4v) is 2.70. The van der Waals surface area contributed by atoms with Crippen molar-refractivity contribution in [3.05, 3.63) is 57.6 Å². The number of hydrogen-bond acceptors (Lipinski definition) is 7. The molecule has 2 N–H and O–H groups in total. The van der Waals surface area contributed by atoms with E-state index < -0.39 is 47.4 Å². The number of carbonyl (C=O) groups excluding carboxylic acids is 2. The smallest absolute Gasteiger partial charge is 0.408 e. The first kappa shape index (κ1) is 23.7. The highest BCUT2D eigenvalue weighted by Gasteiger charge is 2.31. The van der Waals surface area contributed by atoms with E-state index in [0.29, 0.717) is 0 Å². The molecule has 10 heteroatoms. The van der Waals surface area contributed by atoms with E-state index in [9.17, 15) is 24.3 Å². The molecule has 0 fully saturated rings. The van der Waals surface area contributed by atoms with Gasteiger partial charge in [-0.1, -0.05) is 30.3 Å². The fraction of sp³-hybridized carbons (Fsp3) is 0.429. The second-order valence-electron chi connectivity index (χ2n) is 7.69. The van der Waals surface area contributed by atoms with Crippen LogP contribution in [-0.4, -0.2) is 46.1 Å². The number of benzene rings is 1. The number of esters is 1. The zero-order valence-electron chi connectivity index (χ0n) is 17.8. The van der Waals surface area contributed by atoms with E-state index in [4.69, 9.17) is 14.0 Å². The van der Waals surface area contributed by atoms with Gasteiger partial charge < -0.3 is 24.4 Å². The summed E-state index contributed by atoms with van der Waals surface area (Å²) in [4.78, 5) is 48.9. The second-order valence-corrected chi connectivity index (χ2v) is 7.69. The zero-order valence-corrected chi connectivity index (χ0v) is 17.8. The van der Waals surface area contributed by atoms with Crippen molar-refractivity contribution in [1.82, 2.24) is 10.1 Å². The van der Waals surface area contributed by atoms with Crippen LogP contribution in [0.3, 0.4) is 0 Å². The molecule has 0 radical (unpaired) electrons. The van der Waals surface area contributed by atoms with Crippen LogP contribution in [0.1, 0.15) is 49.4 Å². The third kappa shape index (κ3) is 6.73. The van der Waals surface area contributed by atoms with Crippen molar-refractivity contribution in [3.8, 4) is 0 Å². The molecule has 0 spiro atoms. The first-order valence-corrected chi connectivity index (χ1v) is 9.68. The van der Waals surface area contributed by atoms with E-state index in [0.717, 1.165) is 10.3 Å². The summed E-state index contributed by atoms with van der Waals surface area (Å²) in [7, 11) is 0. The van der Waals surface area contributed by atoms with Gasteiger partial charge in [0.25, 0.3) is 5.56 Å². The van der Waals surface area contributed by atoms with Gasteiger partial charge in [-0.3, -0.25) is 4.79 Å². The van der Waals surface area contributed by atoms with Crippen molar-refractivity contribution < 1.29 is 33.5 Å². The first-order valence-electron chi connectivity index (χ1n) is 9.68. The number of alkyl carbamates (subject to hydrolysis) is 1. The maximum absolute atomic E-state index is 12.9. The SMILES string of the molecule is CCOC(=O)c1on(Cc2ccccc2)c(=O)c1CC(NC(=O)OC(C)(C)C)C(=O)O. The first-order chi connectivity index (χ1) is 14.5. The van der Waals surface area contributed by atoms with Crippen molar-refractivity contribution in [2.24, 2.45) is 0 Å². The fourth-order valence-electron chi connectivity index (χ4n) is 2.70. The number of ether oxygens (including phenoxy) is 2. The summed E-state index contributed by atoms with van der Waals surface area (Å²) >= 11 is 0. The average molecular weight is 434 g/mol. The van der Waals surface area contributed by atoms with E-state index in [2.05, 4.69) is 5.32 Å². The largest absolute Gasteiger partial charge is 0.480 e. The summed E-state index contributed by atoms with van der Waals surface area (Å²) in [5, 5.41) is 11.7. The number of aliphatic carboxylic acids is 1. The van der Waals surface area contributed by atoms with Gasteiger partial charge in [0.2, 0.25) is 5.76 Å². The number of aromatic nitrogens is 1. The molecule has 0 aliphatic rings. The third-order valence-corrected chi connectivity index (χ3v) is 3.99. The summed E-state index contributed by atoms with van der Waals surface area (Å²) in [6.07, 6.45) is -1.46. The summed E-state index contributed by atoms with van der Waals surface area (Å²) in [6, 6.07) is 7.37. The Morgan fingerprint density at radius 2 is 1.84 bits per heavy atom. The molecule has 31 heavy (non-hydrogen) atoms. The van der Waals surface area contributed by atoms with Crippen molar-refractivity contribution in [2.45, 2.75) is 52.3 Å². The number of amides is 1. The number of nitrogens with zero attached hydrogens (tertiary/aromatic N) is 1. The van der Waals surface area contributed by atoms with Crippen molar-refractivity contribution in [1.29, 1.82) is 0 Å². The normalized spacial score (nSPS) is 12.1. The average Bonchev–Trinajstić information content (AvgIpc) is 2.96. The Labute approximate surface area is 178 Å². The summed E-state index contributed by atoms with van der Waals surface area (Å²) in [6.45, 7) is 6.52. The molecule has 2 rings (SSSR count). The van der Waals surface area contributed by atoms with Crippen molar-refractivity contribution >= 4 is 18.0 Å². The second kappa shape index (κ2) is 9.96. The topological polar surface area (TPSA) is 137 Å². The van der Waals surface area contributed by atoms with Gasteiger partial charge in [0.15, 0.2) is 0 Å². The Bertz CT molecular complexity index is 985. The molecule has 1 heterocycles. The molecule has 0 saturated carbocycles. The van der Waals surface area contributed by atoms with Crippen LogP contribution >= 0.6 is 0 Å². The molecular formula is C21H26N2O8. The van der Waals surface area contributed by atoms with Crippen LogP contribution in [0.2, 0.25) is 0 Å². The van der Waals surface area contributed by atoms with E-state index in [1.807, 2.05) is 6.07 Å². The molecule has 0 aliphatic carbocycles. The van der Waals surface area contributed by atoms with Crippen molar-refractivity contribution in [3.63, 3.8) is 0 Å². The van der Waals surface area contributed by atoms with Gasteiger partial charge in [-0.15, -0.1) is 0 Å². The molecule has 1 amide bonds. The lowest BCUT2D eigenvalue weighted by molar-refractivity contribution is -0.139. The molecular weight excluding hydrogens is 408 g/mol. The molecule has 168 valence electrons. The lowest BCUT2D eigenvalue weighted by Crippen LogP contribution is -2.45. The Balaban J connectivity index is 2.37. The van der Waals surface area contributed by atoms with Crippen LogP contribution in [-0.2, 0) is 27.2 Å². The van der Waals surface area contributed by atoms with Gasteiger partial charge in [0, 0.05) is 6.42 Å². The summed E-state index contributed by atoms with van der Waals surface area (Å²) in [5.74, 6) is -2.71. The number of rotatable bonds is 8. The van der Waals surface area contributed by atoms with Crippen LogP contribution in [0, 0.1) is 0 Å². The third-order valence-electron chi connectivity index (χ3n) is 3.99. The highest BCUT2D eigenvalue weighted by atomic mass is 16.6. The molecule has 0 saturated heterocycles. The number of carboxylic acid groups (broad SMARTS) is 1. The monoisotopic (exact) mass is 434 g/mol. The Hall–Kier alpha value is -3.56. The lowest BCUT2D eigenvalue weighted by atomic mass is 10.1. The number of nitrogens with one attached hydrogen (secondary N) is 1. The minimum absolute atomic E-state index is 0.0311. The highest BCUT2D eigenvalue weighted by molar-refractivity contribution is 5.88. The molecule has 10 nitrogen and oxygen atoms in total. The molecule has 0 bridgehead atoms. The molecule has 1 aromatic heterocycles.